The van der Waals surface area contributed by atoms with Crippen molar-refractivity contribution in [2.75, 3.05) is 13.7 Å². The molecule has 0 atom stereocenters. The van der Waals surface area contributed by atoms with E-state index < -0.39 is 0 Å². The zero-order valence-electron chi connectivity index (χ0n) is 12.0. The highest BCUT2D eigenvalue weighted by Gasteiger charge is 2.29. The molecule has 1 aromatic heterocycles. The number of nitrogens with zero attached hydrogens (tertiary/aromatic N) is 3. The molecule has 1 fully saturated rings. The van der Waals surface area contributed by atoms with E-state index in [1.165, 1.54) is 18.4 Å². The van der Waals surface area contributed by atoms with Crippen LogP contribution in [-0.2, 0) is 6.42 Å². The zero-order chi connectivity index (χ0) is 14.1. The normalized spacial score (nSPS) is 14.6. The first-order valence-electron chi connectivity index (χ1n) is 7.04. The van der Waals surface area contributed by atoms with E-state index >= 15 is 0 Å². The number of ether oxygens (including phenoxy) is 1. The Kier molecular flexibility index (Phi) is 3.44. The summed E-state index contributed by atoms with van der Waals surface area (Å²) >= 11 is 0. The topological polar surface area (TPSA) is 66.0 Å². The lowest BCUT2D eigenvalue weighted by atomic mass is 10.2. The van der Waals surface area contributed by atoms with Crippen molar-refractivity contribution < 1.29 is 4.74 Å². The number of aryl methyl sites for hydroxylation is 1. The van der Waals surface area contributed by atoms with E-state index in [4.69, 9.17) is 10.5 Å². The highest BCUT2D eigenvalue weighted by molar-refractivity contribution is 5.49. The minimum Gasteiger partial charge on any atom is -0.494 e. The maximum absolute atomic E-state index is 5.70. The van der Waals surface area contributed by atoms with Gasteiger partial charge < -0.3 is 10.5 Å². The summed E-state index contributed by atoms with van der Waals surface area (Å²) < 4.78 is 7.35. The van der Waals surface area contributed by atoms with Crippen LogP contribution in [0.25, 0.3) is 5.69 Å². The third-order valence-corrected chi connectivity index (χ3v) is 3.56. The van der Waals surface area contributed by atoms with Crippen molar-refractivity contribution in [2.24, 2.45) is 5.73 Å². The van der Waals surface area contributed by atoms with E-state index in [1.54, 1.807) is 7.11 Å². The summed E-state index contributed by atoms with van der Waals surface area (Å²) in [5.74, 6) is 3.19. The predicted molar refractivity (Wildman–Crippen MR) is 77.4 cm³/mol. The lowest BCUT2D eigenvalue weighted by Gasteiger charge is -2.11. The van der Waals surface area contributed by atoms with Gasteiger partial charge in [-0.2, -0.15) is 5.10 Å². The Morgan fingerprint density at radius 2 is 2.20 bits per heavy atom. The van der Waals surface area contributed by atoms with E-state index in [2.05, 4.69) is 23.1 Å². The zero-order valence-corrected chi connectivity index (χ0v) is 12.0. The van der Waals surface area contributed by atoms with Gasteiger partial charge in [-0.3, -0.25) is 0 Å². The summed E-state index contributed by atoms with van der Waals surface area (Å²) in [6.45, 7) is 2.63. The maximum Gasteiger partial charge on any atom is 0.154 e. The summed E-state index contributed by atoms with van der Waals surface area (Å²) in [5.41, 5.74) is 7.81. The first-order chi connectivity index (χ1) is 9.72. The van der Waals surface area contributed by atoms with Gasteiger partial charge in [0.25, 0.3) is 0 Å². The lowest BCUT2D eigenvalue weighted by Crippen LogP contribution is -2.10. The minimum atomic E-state index is 0.531. The first kappa shape index (κ1) is 13.1. The van der Waals surface area contributed by atoms with Gasteiger partial charge in [-0.1, -0.05) is 6.07 Å². The van der Waals surface area contributed by atoms with Crippen LogP contribution >= 0.6 is 0 Å². The molecule has 5 heteroatoms. The molecule has 106 valence electrons. The Bertz CT molecular complexity index is 616. The molecule has 2 N–H and O–H groups in total. The van der Waals surface area contributed by atoms with E-state index in [-0.39, 0.29) is 0 Å². The molecule has 2 aromatic rings. The van der Waals surface area contributed by atoms with Crippen molar-refractivity contribution in [2.45, 2.75) is 32.1 Å². The quantitative estimate of drug-likeness (QED) is 0.903. The van der Waals surface area contributed by atoms with E-state index in [9.17, 15) is 0 Å². The summed E-state index contributed by atoms with van der Waals surface area (Å²) in [6, 6.07) is 6.07. The fourth-order valence-corrected chi connectivity index (χ4v) is 2.33. The fraction of sp³-hybridized carbons (Fsp3) is 0.467. The molecule has 1 saturated carbocycles. The van der Waals surface area contributed by atoms with Crippen molar-refractivity contribution in [1.82, 2.24) is 14.8 Å². The van der Waals surface area contributed by atoms with Crippen LogP contribution < -0.4 is 10.5 Å². The Hall–Kier alpha value is -1.88. The van der Waals surface area contributed by atoms with Gasteiger partial charge in [0.1, 0.15) is 17.3 Å². The molecule has 0 amide bonds. The molecule has 0 unspecified atom stereocenters. The van der Waals surface area contributed by atoms with Crippen molar-refractivity contribution >= 4 is 0 Å². The number of methoxy groups -OCH3 is 1. The standard InChI is InChI=1S/C15H20N4O/c1-10-3-6-13(20-2)12(9-10)19-14(7-8-16)17-15(18-19)11-4-5-11/h3,6,9,11H,4-5,7-8,16H2,1-2H3. The van der Waals surface area contributed by atoms with Crippen LogP contribution in [0.5, 0.6) is 5.75 Å². The van der Waals surface area contributed by atoms with Gasteiger partial charge in [0, 0.05) is 12.3 Å². The average Bonchev–Trinajstić information content (AvgIpc) is 3.21. The number of rotatable bonds is 5. The average molecular weight is 272 g/mol. The molecule has 0 aliphatic heterocycles. The van der Waals surface area contributed by atoms with Gasteiger partial charge in [0.05, 0.1) is 7.11 Å². The molecule has 0 radical (unpaired) electrons. The number of hydrogen-bond donors (Lipinski definition) is 1. The van der Waals surface area contributed by atoms with E-state index in [0.717, 1.165) is 29.5 Å². The largest absolute Gasteiger partial charge is 0.494 e. The Balaban J connectivity index is 2.09. The van der Waals surface area contributed by atoms with Crippen molar-refractivity contribution in [3.05, 3.63) is 35.4 Å². The molecule has 1 aliphatic rings. The molecule has 0 bridgehead atoms. The number of nitrogens with two attached hydrogens (primary N) is 1. The van der Waals surface area contributed by atoms with Gasteiger partial charge >= 0.3 is 0 Å². The van der Waals surface area contributed by atoms with Gasteiger partial charge in [0.15, 0.2) is 5.82 Å². The lowest BCUT2D eigenvalue weighted by molar-refractivity contribution is 0.411. The summed E-state index contributed by atoms with van der Waals surface area (Å²) in [6.07, 6.45) is 3.10. The molecule has 20 heavy (non-hydrogen) atoms. The highest BCUT2D eigenvalue weighted by atomic mass is 16.5. The van der Waals surface area contributed by atoms with E-state index in [0.29, 0.717) is 12.5 Å². The van der Waals surface area contributed by atoms with E-state index in [1.807, 2.05) is 16.8 Å². The van der Waals surface area contributed by atoms with Gasteiger partial charge in [-0.05, 0) is 44.0 Å². The molecule has 1 aliphatic carbocycles. The number of aromatic nitrogens is 3. The molecular formula is C15H20N4O. The Morgan fingerprint density at radius 1 is 1.40 bits per heavy atom. The molecule has 0 saturated heterocycles. The molecule has 0 spiro atoms. The second kappa shape index (κ2) is 5.25. The predicted octanol–water partition coefficient (Wildman–Crippen LogP) is 1.96. The third kappa shape index (κ3) is 2.41. The molecule has 1 heterocycles. The third-order valence-electron chi connectivity index (χ3n) is 3.56. The molecule has 1 aromatic carbocycles. The fourth-order valence-electron chi connectivity index (χ4n) is 2.33. The Morgan fingerprint density at radius 3 is 2.85 bits per heavy atom. The SMILES string of the molecule is COc1ccc(C)cc1-n1nc(C2CC2)nc1CCN. The molecule has 5 nitrogen and oxygen atoms in total. The van der Waals surface area contributed by atoms with Crippen molar-refractivity contribution in [1.29, 1.82) is 0 Å². The van der Waals surface area contributed by atoms with Crippen molar-refractivity contribution in [3.8, 4) is 11.4 Å². The monoisotopic (exact) mass is 272 g/mol. The molecular weight excluding hydrogens is 252 g/mol. The van der Waals surface area contributed by atoms with Crippen LogP contribution in [-0.4, -0.2) is 28.4 Å². The number of benzene rings is 1. The minimum absolute atomic E-state index is 0.531. The number of hydrogen-bond acceptors (Lipinski definition) is 4. The van der Waals surface area contributed by atoms with Gasteiger partial charge in [0.2, 0.25) is 0 Å². The van der Waals surface area contributed by atoms with Crippen LogP contribution in [0.15, 0.2) is 18.2 Å². The second-order valence-corrected chi connectivity index (χ2v) is 5.29. The highest BCUT2D eigenvalue weighted by Crippen LogP contribution is 2.38. The van der Waals surface area contributed by atoms with Crippen LogP contribution in [0.1, 0.15) is 36.0 Å². The Labute approximate surface area is 118 Å². The van der Waals surface area contributed by atoms with Crippen LogP contribution in [0.4, 0.5) is 0 Å². The van der Waals surface area contributed by atoms with Crippen molar-refractivity contribution in [3.63, 3.8) is 0 Å². The van der Waals surface area contributed by atoms with Gasteiger partial charge in [-0.15, -0.1) is 0 Å². The van der Waals surface area contributed by atoms with Gasteiger partial charge in [-0.25, -0.2) is 9.67 Å². The first-order valence-corrected chi connectivity index (χ1v) is 7.04. The summed E-state index contributed by atoms with van der Waals surface area (Å²) in [7, 11) is 1.68. The summed E-state index contributed by atoms with van der Waals surface area (Å²) in [4.78, 5) is 4.66. The molecule has 3 rings (SSSR count). The maximum atomic E-state index is 5.70. The smallest absolute Gasteiger partial charge is 0.154 e. The van der Waals surface area contributed by atoms with Crippen LogP contribution in [0.3, 0.4) is 0 Å². The second-order valence-electron chi connectivity index (χ2n) is 5.29. The van der Waals surface area contributed by atoms with Crippen LogP contribution in [0, 0.1) is 6.92 Å². The van der Waals surface area contributed by atoms with Crippen LogP contribution in [0.2, 0.25) is 0 Å². The summed E-state index contributed by atoms with van der Waals surface area (Å²) in [5, 5.41) is 4.68.